The lowest BCUT2D eigenvalue weighted by Crippen LogP contribution is -2.42. The summed E-state index contributed by atoms with van der Waals surface area (Å²) in [6.45, 7) is 8.48. The van der Waals surface area contributed by atoms with Gasteiger partial charge in [-0.25, -0.2) is 0 Å². The van der Waals surface area contributed by atoms with Crippen molar-refractivity contribution in [1.29, 1.82) is 0 Å². The molecule has 1 aromatic rings. The van der Waals surface area contributed by atoms with Crippen LogP contribution in [-0.4, -0.2) is 87.7 Å². The first-order chi connectivity index (χ1) is 11.8. The van der Waals surface area contributed by atoms with Gasteiger partial charge in [0, 0.05) is 32.7 Å². The van der Waals surface area contributed by atoms with Crippen LogP contribution in [0.4, 0.5) is 0 Å². The van der Waals surface area contributed by atoms with Crippen molar-refractivity contribution in [2.75, 3.05) is 52.4 Å². The van der Waals surface area contributed by atoms with Crippen molar-refractivity contribution in [2.45, 2.75) is 38.6 Å². The molecule has 3 heterocycles. The molecule has 0 N–H and O–H groups in total. The highest BCUT2D eigenvalue weighted by atomic mass is 16.2. The number of likely N-dealkylation sites (tertiary alicyclic amines) is 1. The Morgan fingerprint density at radius 3 is 2.21 bits per heavy atom. The molecule has 0 radical (unpaired) electrons. The van der Waals surface area contributed by atoms with Gasteiger partial charge in [0.1, 0.15) is 12.7 Å². The Morgan fingerprint density at radius 2 is 1.46 bits per heavy atom. The van der Waals surface area contributed by atoms with Gasteiger partial charge >= 0.3 is 0 Å². The fraction of sp³-hybridized carbons (Fsp3) is 0.824. The van der Waals surface area contributed by atoms with Crippen molar-refractivity contribution in [2.24, 2.45) is 0 Å². The monoisotopic (exact) mass is 334 g/mol. The Morgan fingerprint density at radius 1 is 0.750 bits per heavy atom. The van der Waals surface area contributed by atoms with Crippen LogP contribution >= 0.6 is 0 Å². The largest absolute Gasteiger partial charge is 0.340 e. The lowest BCUT2D eigenvalue weighted by Gasteiger charge is -2.26. The molecule has 2 saturated heterocycles. The number of rotatable bonds is 5. The molecule has 0 aromatic carbocycles. The fourth-order valence-electron chi connectivity index (χ4n) is 3.62. The van der Waals surface area contributed by atoms with Crippen LogP contribution in [-0.2, 0) is 11.3 Å². The minimum absolute atomic E-state index is 0.317. The molecule has 1 aromatic heterocycles. The summed E-state index contributed by atoms with van der Waals surface area (Å²) in [6, 6.07) is 0. The van der Waals surface area contributed by atoms with Crippen LogP contribution in [0.2, 0.25) is 0 Å². The average Bonchev–Trinajstić information content (AvgIpc) is 2.83. The lowest BCUT2D eigenvalue weighted by atomic mass is 10.2. The second-order valence-electron chi connectivity index (χ2n) is 6.97. The van der Waals surface area contributed by atoms with E-state index in [0.717, 1.165) is 58.8 Å². The second-order valence-corrected chi connectivity index (χ2v) is 6.97. The van der Waals surface area contributed by atoms with E-state index in [9.17, 15) is 4.79 Å². The predicted molar refractivity (Wildman–Crippen MR) is 92.6 cm³/mol. The summed E-state index contributed by atoms with van der Waals surface area (Å²) in [5.41, 5.74) is 0. The summed E-state index contributed by atoms with van der Waals surface area (Å²) < 4.78 is 2.01. The van der Waals surface area contributed by atoms with Crippen LogP contribution in [0.25, 0.3) is 0 Å². The summed E-state index contributed by atoms with van der Waals surface area (Å²) in [4.78, 5) is 19.5. The van der Waals surface area contributed by atoms with Crippen LogP contribution in [0, 0.1) is 0 Å². The first-order valence-electron chi connectivity index (χ1n) is 9.36. The Hall–Kier alpha value is -1.47. The quantitative estimate of drug-likeness (QED) is 0.793. The minimum atomic E-state index is 0.317. The Kier molecular flexibility index (Phi) is 6.60. The van der Waals surface area contributed by atoms with Crippen LogP contribution in [0.15, 0.2) is 12.7 Å². The smallest absolute Gasteiger partial charge is 0.236 e. The van der Waals surface area contributed by atoms with Crippen molar-refractivity contribution in [3.05, 3.63) is 12.7 Å². The van der Waals surface area contributed by atoms with E-state index < -0.39 is 0 Å². The molecular formula is C17H30N6O. The number of nitrogens with zero attached hydrogens (tertiary/aromatic N) is 6. The summed E-state index contributed by atoms with van der Waals surface area (Å²) in [5, 5.41) is 7.68. The molecule has 2 aliphatic heterocycles. The molecule has 7 nitrogen and oxygen atoms in total. The van der Waals surface area contributed by atoms with Gasteiger partial charge < -0.3 is 9.47 Å². The van der Waals surface area contributed by atoms with E-state index in [0.29, 0.717) is 12.5 Å². The van der Waals surface area contributed by atoms with Crippen LogP contribution in [0.5, 0.6) is 0 Å². The molecule has 24 heavy (non-hydrogen) atoms. The fourth-order valence-corrected chi connectivity index (χ4v) is 3.62. The van der Waals surface area contributed by atoms with Gasteiger partial charge in [-0.1, -0.05) is 12.8 Å². The van der Waals surface area contributed by atoms with E-state index in [1.165, 1.54) is 25.7 Å². The number of hydrogen-bond acceptors (Lipinski definition) is 5. The number of hydrogen-bond donors (Lipinski definition) is 0. The summed E-state index contributed by atoms with van der Waals surface area (Å²) >= 11 is 0. The second kappa shape index (κ2) is 9.13. The molecule has 134 valence electrons. The van der Waals surface area contributed by atoms with Gasteiger partial charge in [-0.3, -0.25) is 14.6 Å². The number of carbonyl (C=O) groups excluding carboxylic acids is 1. The first-order valence-corrected chi connectivity index (χ1v) is 9.36. The first kappa shape index (κ1) is 17.4. The maximum absolute atomic E-state index is 12.6. The highest BCUT2D eigenvalue weighted by Gasteiger charge is 2.21. The molecular weight excluding hydrogens is 304 g/mol. The van der Waals surface area contributed by atoms with E-state index in [2.05, 4.69) is 24.9 Å². The molecule has 0 bridgehead atoms. The standard InChI is InChI=1S/C17H30N6O/c24-17(14-21-6-3-1-2-4-7-21)23-9-5-8-20(12-13-23)10-11-22-15-18-19-16-22/h15-16H,1-14H2. The molecule has 0 spiro atoms. The molecule has 3 rings (SSSR count). The molecule has 1 amide bonds. The third kappa shape index (κ3) is 5.27. The zero-order chi connectivity index (χ0) is 16.6. The van der Waals surface area contributed by atoms with Crippen molar-refractivity contribution < 1.29 is 4.79 Å². The normalized spacial score (nSPS) is 21.4. The SMILES string of the molecule is O=C(CN1CCCCCC1)N1CCCN(CCn2cnnc2)CC1. The zero-order valence-electron chi connectivity index (χ0n) is 14.6. The van der Waals surface area contributed by atoms with Crippen molar-refractivity contribution in [3.63, 3.8) is 0 Å². The zero-order valence-corrected chi connectivity index (χ0v) is 14.6. The van der Waals surface area contributed by atoms with E-state index >= 15 is 0 Å². The highest BCUT2D eigenvalue weighted by Crippen LogP contribution is 2.10. The van der Waals surface area contributed by atoms with Gasteiger partial charge in [-0.2, -0.15) is 0 Å². The lowest BCUT2D eigenvalue weighted by molar-refractivity contribution is -0.132. The molecule has 0 saturated carbocycles. The molecule has 2 fully saturated rings. The Balaban J connectivity index is 1.41. The third-order valence-corrected chi connectivity index (χ3v) is 5.14. The maximum atomic E-state index is 12.6. The topological polar surface area (TPSA) is 57.5 Å². The van der Waals surface area contributed by atoms with Crippen molar-refractivity contribution >= 4 is 5.91 Å². The summed E-state index contributed by atoms with van der Waals surface area (Å²) in [7, 11) is 0. The molecule has 0 unspecified atom stereocenters. The minimum Gasteiger partial charge on any atom is -0.340 e. The van der Waals surface area contributed by atoms with Crippen LogP contribution < -0.4 is 0 Å². The van der Waals surface area contributed by atoms with Crippen LogP contribution in [0.1, 0.15) is 32.1 Å². The number of aromatic nitrogens is 3. The van der Waals surface area contributed by atoms with Gasteiger partial charge in [-0.15, -0.1) is 10.2 Å². The average molecular weight is 334 g/mol. The van der Waals surface area contributed by atoms with Crippen molar-refractivity contribution in [1.82, 2.24) is 29.5 Å². The van der Waals surface area contributed by atoms with Crippen molar-refractivity contribution in [3.8, 4) is 0 Å². The van der Waals surface area contributed by atoms with Gasteiger partial charge in [0.15, 0.2) is 0 Å². The van der Waals surface area contributed by atoms with E-state index in [-0.39, 0.29) is 0 Å². The molecule has 2 aliphatic rings. The highest BCUT2D eigenvalue weighted by molar-refractivity contribution is 5.78. The number of amides is 1. The van der Waals surface area contributed by atoms with Gasteiger partial charge in [0.2, 0.25) is 5.91 Å². The maximum Gasteiger partial charge on any atom is 0.236 e. The van der Waals surface area contributed by atoms with E-state index in [1.807, 2.05) is 4.57 Å². The third-order valence-electron chi connectivity index (χ3n) is 5.14. The Labute approximate surface area is 144 Å². The molecule has 7 heteroatoms. The van der Waals surface area contributed by atoms with Gasteiger partial charge in [-0.05, 0) is 38.9 Å². The summed E-state index contributed by atoms with van der Waals surface area (Å²) in [6.07, 6.45) is 9.69. The molecule has 0 atom stereocenters. The Bertz CT molecular complexity index is 483. The number of carbonyl (C=O) groups is 1. The van der Waals surface area contributed by atoms with Crippen LogP contribution in [0.3, 0.4) is 0 Å². The summed E-state index contributed by atoms with van der Waals surface area (Å²) in [5.74, 6) is 0.317. The van der Waals surface area contributed by atoms with Gasteiger partial charge in [0.05, 0.1) is 6.54 Å². The molecule has 0 aliphatic carbocycles. The van der Waals surface area contributed by atoms with E-state index in [1.54, 1.807) is 12.7 Å². The predicted octanol–water partition coefficient (Wildman–Crippen LogP) is 0.688. The van der Waals surface area contributed by atoms with E-state index in [4.69, 9.17) is 0 Å². The van der Waals surface area contributed by atoms with Gasteiger partial charge in [0.25, 0.3) is 0 Å².